The zero-order valence-corrected chi connectivity index (χ0v) is 12.5. The third kappa shape index (κ3) is 2.96. The number of hydrogen-bond acceptors (Lipinski definition) is 3. The van der Waals surface area contributed by atoms with E-state index < -0.39 is 5.60 Å². The molecule has 0 amide bonds. The summed E-state index contributed by atoms with van der Waals surface area (Å²) >= 11 is 0. The van der Waals surface area contributed by atoms with Gasteiger partial charge in [0.2, 0.25) is 6.29 Å². The molecule has 1 heterocycles. The smallest absolute Gasteiger partial charge is 0.222 e. The molecule has 1 aliphatic rings. The van der Waals surface area contributed by atoms with Gasteiger partial charge in [0.25, 0.3) is 0 Å². The summed E-state index contributed by atoms with van der Waals surface area (Å²) in [7, 11) is 0. The Morgan fingerprint density at radius 3 is 2.05 bits per heavy atom. The van der Waals surface area contributed by atoms with Crippen LogP contribution in [0.5, 0.6) is 0 Å². The van der Waals surface area contributed by atoms with E-state index in [4.69, 9.17) is 0 Å². The molecule has 2 aromatic rings. The van der Waals surface area contributed by atoms with Crippen molar-refractivity contribution in [2.24, 2.45) is 0 Å². The fourth-order valence-corrected chi connectivity index (χ4v) is 3.18. The fraction of sp³-hybridized carbons (Fsp3) is 0.316. The van der Waals surface area contributed by atoms with Crippen LogP contribution < -0.4 is 0 Å². The first-order valence-electron chi connectivity index (χ1n) is 7.67. The molecule has 3 heteroatoms. The highest BCUT2D eigenvalue weighted by Crippen LogP contribution is 2.35. The predicted octanol–water partition coefficient (Wildman–Crippen LogP) is 2.82. The molecule has 0 spiro atoms. The predicted molar refractivity (Wildman–Crippen MR) is 86.0 cm³/mol. The number of carbonyl (C=O) groups excluding carboxylic acids is 1. The highest BCUT2D eigenvalue weighted by Gasteiger charge is 2.36. The van der Waals surface area contributed by atoms with Gasteiger partial charge in [-0.1, -0.05) is 60.7 Å². The zero-order valence-electron chi connectivity index (χ0n) is 12.5. The van der Waals surface area contributed by atoms with Crippen molar-refractivity contribution in [3.63, 3.8) is 0 Å². The average Bonchev–Trinajstić information content (AvgIpc) is 2.59. The van der Waals surface area contributed by atoms with Crippen molar-refractivity contribution in [3.05, 3.63) is 71.8 Å². The molecule has 1 radical (unpaired) electrons. The first-order valence-corrected chi connectivity index (χ1v) is 7.67. The molecule has 3 nitrogen and oxygen atoms in total. The number of hydrogen-bond donors (Lipinski definition) is 1. The SMILES string of the molecule is O=[C]C(c1ccccc1)N1CCC(O)(c2ccccc2)CC1. The lowest BCUT2D eigenvalue weighted by Gasteiger charge is -2.40. The Hall–Kier alpha value is -1.97. The van der Waals surface area contributed by atoms with Gasteiger partial charge < -0.3 is 5.11 Å². The Kier molecular flexibility index (Phi) is 4.36. The van der Waals surface area contributed by atoms with Crippen LogP contribution in [0.1, 0.15) is 30.0 Å². The van der Waals surface area contributed by atoms with E-state index >= 15 is 0 Å². The van der Waals surface area contributed by atoms with E-state index in [0.717, 1.165) is 11.1 Å². The fourth-order valence-electron chi connectivity index (χ4n) is 3.18. The number of aliphatic hydroxyl groups is 1. The molecular formula is C19H20NO2. The van der Waals surface area contributed by atoms with E-state index in [1.54, 1.807) is 0 Å². The first kappa shape index (κ1) is 14.9. The summed E-state index contributed by atoms with van der Waals surface area (Å²) in [4.78, 5) is 13.5. The maximum Gasteiger partial charge on any atom is 0.222 e. The van der Waals surface area contributed by atoms with Crippen LogP contribution in [0.3, 0.4) is 0 Å². The van der Waals surface area contributed by atoms with Crippen LogP contribution in [-0.4, -0.2) is 29.4 Å². The molecule has 113 valence electrons. The van der Waals surface area contributed by atoms with Crippen molar-refractivity contribution in [2.45, 2.75) is 24.5 Å². The Balaban J connectivity index is 1.72. The molecule has 22 heavy (non-hydrogen) atoms. The minimum Gasteiger partial charge on any atom is -0.385 e. The van der Waals surface area contributed by atoms with Gasteiger partial charge in [0.15, 0.2) is 0 Å². The quantitative estimate of drug-likeness (QED) is 0.942. The van der Waals surface area contributed by atoms with Crippen molar-refractivity contribution in [3.8, 4) is 0 Å². The number of piperidine rings is 1. The standard InChI is InChI=1S/C19H20NO2/c21-15-18(16-7-3-1-4-8-16)20-13-11-19(22,12-14-20)17-9-5-2-6-10-17/h1-10,18,22H,11-14H2. The largest absolute Gasteiger partial charge is 0.385 e. The van der Waals surface area contributed by atoms with E-state index in [1.807, 2.05) is 60.7 Å². The summed E-state index contributed by atoms with van der Waals surface area (Å²) in [5, 5.41) is 10.9. The van der Waals surface area contributed by atoms with Gasteiger partial charge in [-0.2, -0.15) is 0 Å². The highest BCUT2D eigenvalue weighted by atomic mass is 16.3. The molecule has 3 rings (SSSR count). The molecule has 0 saturated carbocycles. The van der Waals surface area contributed by atoms with Crippen molar-refractivity contribution in [1.29, 1.82) is 0 Å². The Labute approximate surface area is 131 Å². The highest BCUT2D eigenvalue weighted by molar-refractivity contribution is 5.62. The molecule has 0 aliphatic carbocycles. The molecule has 2 aromatic carbocycles. The van der Waals surface area contributed by atoms with Crippen LogP contribution in [0.4, 0.5) is 0 Å². The summed E-state index contributed by atoms with van der Waals surface area (Å²) < 4.78 is 0. The number of nitrogens with zero attached hydrogens (tertiary/aromatic N) is 1. The second-order valence-electron chi connectivity index (χ2n) is 5.86. The second kappa shape index (κ2) is 6.42. The lowest BCUT2D eigenvalue weighted by Crippen LogP contribution is -2.44. The molecule has 1 N–H and O–H groups in total. The van der Waals surface area contributed by atoms with Crippen LogP contribution >= 0.6 is 0 Å². The molecule has 1 saturated heterocycles. The number of likely N-dealkylation sites (tertiary alicyclic amines) is 1. The Bertz CT molecular complexity index is 604. The minimum absolute atomic E-state index is 0.346. The van der Waals surface area contributed by atoms with Gasteiger partial charge in [-0.15, -0.1) is 0 Å². The summed E-state index contributed by atoms with van der Waals surface area (Å²) in [6, 6.07) is 19.2. The number of rotatable bonds is 4. The van der Waals surface area contributed by atoms with Crippen molar-refractivity contribution >= 4 is 6.29 Å². The van der Waals surface area contributed by atoms with Gasteiger partial charge in [-0.25, -0.2) is 0 Å². The van der Waals surface area contributed by atoms with Crippen LogP contribution in [0.2, 0.25) is 0 Å². The summed E-state index contributed by atoms with van der Waals surface area (Å²) in [6.45, 7) is 1.36. The van der Waals surface area contributed by atoms with E-state index in [9.17, 15) is 9.90 Å². The molecule has 1 fully saturated rings. The molecule has 1 aliphatic heterocycles. The molecule has 0 bridgehead atoms. The third-order valence-corrected chi connectivity index (χ3v) is 4.53. The van der Waals surface area contributed by atoms with E-state index in [-0.39, 0.29) is 6.04 Å². The minimum atomic E-state index is -0.790. The maximum absolute atomic E-state index is 11.4. The normalized spacial score (nSPS) is 19.5. The molecule has 1 atom stereocenters. The van der Waals surface area contributed by atoms with E-state index in [0.29, 0.717) is 25.9 Å². The van der Waals surface area contributed by atoms with Gasteiger partial charge in [-0.3, -0.25) is 9.69 Å². The number of benzene rings is 2. The monoisotopic (exact) mass is 294 g/mol. The topological polar surface area (TPSA) is 40.5 Å². The summed E-state index contributed by atoms with van der Waals surface area (Å²) in [5.74, 6) is 0. The zero-order chi connectivity index (χ0) is 15.4. The van der Waals surface area contributed by atoms with Gasteiger partial charge in [0, 0.05) is 13.1 Å². The Morgan fingerprint density at radius 1 is 0.955 bits per heavy atom. The molecule has 1 unspecified atom stereocenters. The summed E-state index contributed by atoms with van der Waals surface area (Å²) in [6.07, 6.45) is 3.40. The van der Waals surface area contributed by atoms with Crippen molar-refractivity contribution in [2.75, 3.05) is 13.1 Å². The molecular weight excluding hydrogens is 274 g/mol. The maximum atomic E-state index is 11.4. The van der Waals surface area contributed by atoms with Gasteiger partial charge >= 0.3 is 0 Å². The second-order valence-corrected chi connectivity index (χ2v) is 5.86. The molecule has 0 aromatic heterocycles. The van der Waals surface area contributed by atoms with Gasteiger partial charge in [0.05, 0.1) is 5.60 Å². The lowest BCUT2D eigenvalue weighted by molar-refractivity contribution is -0.0304. The van der Waals surface area contributed by atoms with E-state index in [1.165, 1.54) is 0 Å². The van der Waals surface area contributed by atoms with Crippen molar-refractivity contribution < 1.29 is 9.90 Å². The van der Waals surface area contributed by atoms with Crippen LogP contribution in [0, 0.1) is 0 Å². The van der Waals surface area contributed by atoms with Gasteiger partial charge in [0.1, 0.15) is 6.04 Å². The van der Waals surface area contributed by atoms with Crippen LogP contribution in [-0.2, 0) is 10.4 Å². The third-order valence-electron chi connectivity index (χ3n) is 4.53. The average molecular weight is 294 g/mol. The van der Waals surface area contributed by atoms with Crippen LogP contribution in [0.25, 0.3) is 0 Å². The van der Waals surface area contributed by atoms with Crippen molar-refractivity contribution in [1.82, 2.24) is 4.90 Å². The first-order chi connectivity index (χ1) is 10.7. The lowest BCUT2D eigenvalue weighted by atomic mass is 9.84. The van der Waals surface area contributed by atoms with Crippen LogP contribution in [0.15, 0.2) is 60.7 Å². The van der Waals surface area contributed by atoms with E-state index in [2.05, 4.69) is 11.2 Å². The summed E-state index contributed by atoms with van der Waals surface area (Å²) in [5.41, 5.74) is 1.13. The Morgan fingerprint density at radius 2 is 1.50 bits per heavy atom. The van der Waals surface area contributed by atoms with Gasteiger partial charge in [-0.05, 0) is 24.0 Å².